The summed E-state index contributed by atoms with van der Waals surface area (Å²) >= 11 is -0.557. The van der Waals surface area contributed by atoms with Crippen molar-refractivity contribution >= 4 is 17.0 Å². The van der Waals surface area contributed by atoms with Crippen LogP contribution in [0.25, 0.3) is 0 Å². The molecule has 1 aliphatic heterocycles. The third-order valence-corrected chi connectivity index (χ3v) is 4.02. The fourth-order valence-electron chi connectivity index (χ4n) is 1.35. The highest BCUT2D eigenvalue weighted by molar-refractivity contribution is 8.20. The van der Waals surface area contributed by atoms with Gasteiger partial charge < -0.3 is 0 Å². The van der Waals surface area contributed by atoms with Crippen molar-refractivity contribution in [3.63, 3.8) is 0 Å². The van der Waals surface area contributed by atoms with Gasteiger partial charge in [-0.05, 0) is 29.0 Å². The monoisotopic (exact) mass is 218 g/mol. The summed E-state index contributed by atoms with van der Waals surface area (Å²) in [6, 6.07) is 10.00. The van der Waals surface area contributed by atoms with E-state index in [1.807, 2.05) is 19.2 Å². The standard InChI is InChI=1S/C12H12NOS/c1-13(15-9-5-6-10-15)12(14)11-7-3-2-4-8-11/h3-10,15H,1H3. The Labute approximate surface area is 92.4 Å². The Kier molecular flexibility index (Phi) is 2.92. The van der Waals surface area contributed by atoms with Crippen LogP contribution in [0, 0.1) is 6.07 Å². The molecule has 77 valence electrons. The first-order chi connectivity index (χ1) is 7.29. The number of benzene rings is 1. The van der Waals surface area contributed by atoms with E-state index in [9.17, 15) is 4.79 Å². The summed E-state index contributed by atoms with van der Waals surface area (Å²) < 4.78 is 1.78. The van der Waals surface area contributed by atoms with E-state index in [0.717, 1.165) is 0 Å². The lowest BCUT2D eigenvalue weighted by atomic mass is 10.2. The van der Waals surface area contributed by atoms with E-state index in [4.69, 9.17) is 0 Å². The molecule has 15 heavy (non-hydrogen) atoms. The number of rotatable bonds is 2. The van der Waals surface area contributed by atoms with Crippen molar-refractivity contribution in [3.8, 4) is 0 Å². The molecule has 0 saturated carbocycles. The lowest BCUT2D eigenvalue weighted by Crippen LogP contribution is -2.21. The highest BCUT2D eigenvalue weighted by Gasteiger charge is 2.15. The third kappa shape index (κ3) is 2.13. The number of carbonyl (C=O) groups is 1. The predicted octanol–water partition coefficient (Wildman–Crippen LogP) is 2.52. The fraction of sp³-hybridized carbons (Fsp3) is 0.0833. The largest absolute Gasteiger partial charge is 0.299 e. The van der Waals surface area contributed by atoms with E-state index >= 15 is 0 Å². The van der Waals surface area contributed by atoms with E-state index in [1.165, 1.54) is 0 Å². The normalized spacial score (nSPS) is 15.7. The van der Waals surface area contributed by atoms with Gasteiger partial charge in [-0.2, -0.15) is 0 Å². The molecule has 1 radical (unpaired) electrons. The van der Waals surface area contributed by atoms with Crippen molar-refractivity contribution in [2.45, 2.75) is 0 Å². The molecule has 2 rings (SSSR count). The number of hydrogen-bond donors (Lipinski definition) is 1. The minimum atomic E-state index is -0.557. The first-order valence-electron chi connectivity index (χ1n) is 4.66. The molecule has 1 heterocycles. The van der Waals surface area contributed by atoms with Crippen LogP contribution in [0.2, 0.25) is 0 Å². The average molecular weight is 218 g/mol. The van der Waals surface area contributed by atoms with Crippen LogP contribution in [0.3, 0.4) is 0 Å². The molecule has 1 amide bonds. The summed E-state index contributed by atoms with van der Waals surface area (Å²) in [4.78, 5) is 12.0. The first kappa shape index (κ1) is 10.1. The Balaban J connectivity index is 2.15. The summed E-state index contributed by atoms with van der Waals surface area (Å²) in [5.74, 6) is 0.0614. The van der Waals surface area contributed by atoms with Crippen LogP contribution in [0.4, 0.5) is 0 Å². The quantitative estimate of drug-likeness (QED) is 0.756. The number of nitrogens with zero attached hydrogens (tertiary/aromatic N) is 1. The number of allylic oxidation sites excluding steroid dienone is 2. The molecular formula is C12H12NOS. The maximum Gasteiger partial charge on any atom is 0.262 e. The summed E-state index contributed by atoms with van der Waals surface area (Å²) in [6.45, 7) is 0. The Morgan fingerprint density at radius 3 is 2.47 bits per heavy atom. The molecule has 0 bridgehead atoms. The topological polar surface area (TPSA) is 20.3 Å². The molecule has 1 aromatic rings. The Bertz CT molecular complexity index is 399. The zero-order chi connectivity index (χ0) is 10.7. The maximum atomic E-state index is 12.0. The minimum absolute atomic E-state index is 0.0614. The van der Waals surface area contributed by atoms with Gasteiger partial charge in [-0.25, -0.2) is 0 Å². The summed E-state index contributed by atoms with van der Waals surface area (Å²) in [7, 11) is 1.84. The van der Waals surface area contributed by atoms with Crippen molar-refractivity contribution < 1.29 is 4.79 Å². The lowest BCUT2D eigenvalue weighted by Gasteiger charge is -2.24. The molecule has 0 N–H and O–H groups in total. The van der Waals surface area contributed by atoms with Crippen LogP contribution in [-0.2, 0) is 0 Å². The number of thiol groups is 1. The van der Waals surface area contributed by atoms with Gasteiger partial charge in [0.25, 0.3) is 5.91 Å². The molecule has 0 fully saturated rings. The van der Waals surface area contributed by atoms with Gasteiger partial charge >= 0.3 is 0 Å². The molecular weight excluding hydrogens is 206 g/mol. The number of hydrogen-bond acceptors (Lipinski definition) is 1. The van der Waals surface area contributed by atoms with Crippen LogP contribution in [0.5, 0.6) is 0 Å². The van der Waals surface area contributed by atoms with Crippen molar-refractivity contribution in [2.75, 3.05) is 7.05 Å². The number of amides is 1. The molecule has 0 aliphatic carbocycles. The summed E-state index contributed by atoms with van der Waals surface area (Å²) in [6.07, 6.45) is 3.96. The predicted molar refractivity (Wildman–Crippen MR) is 64.6 cm³/mol. The highest BCUT2D eigenvalue weighted by Crippen LogP contribution is 2.36. The maximum absolute atomic E-state index is 12.0. The molecule has 0 atom stereocenters. The van der Waals surface area contributed by atoms with Gasteiger partial charge in [-0.3, -0.25) is 9.10 Å². The lowest BCUT2D eigenvalue weighted by molar-refractivity contribution is 0.0891. The molecule has 1 aromatic carbocycles. The van der Waals surface area contributed by atoms with Gasteiger partial charge in [0.15, 0.2) is 0 Å². The third-order valence-electron chi connectivity index (χ3n) is 2.19. The van der Waals surface area contributed by atoms with E-state index in [1.54, 1.807) is 28.6 Å². The van der Waals surface area contributed by atoms with Gasteiger partial charge in [-0.15, -0.1) is 11.1 Å². The Morgan fingerprint density at radius 1 is 1.27 bits per heavy atom. The zero-order valence-corrected chi connectivity index (χ0v) is 9.32. The van der Waals surface area contributed by atoms with Crippen LogP contribution in [-0.4, -0.2) is 17.3 Å². The second kappa shape index (κ2) is 4.36. The van der Waals surface area contributed by atoms with Crippen LogP contribution < -0.4 is 0 Å². The second-order valence-corrected chi connectivity index (χ2v) is 5.14. The van der Waals surface area contributed by atoms with Crippen molar-refractivity contribution in [1.82, 2.24) is 4.31 Å². The van der Waals surface area contributed by atoms with E-state index < -0.39 is 11.1 Å². The van der Waals surface area contributed by atoms with Crippen molar-refractivity contribution in [1.29, 1.82) is 0 Å². The Hall–Kier alpha value is -1.48. The van der Waals surface area contributed by atoms with Gasteiger partial charge in [0.2, 0.25) is 0 Å². The fourth-order valence-corrected chi connectivity index (χ4v) is 2.72. The van der Waals surface area contributed by atoms with Crippen LogP contribution >= 0.6 is 11.1 Å². The molecule has 0 saturated heterocycles. The van der Waals surface area contributed by atoms with Gasteiger partial charge in [0, 0.05) is 12.6 Å². The Morgan fingerprint density at radius 2 is 1.87 bits per heavy atom. The summed E-state index contributed by atoms with van der Waals surface area (Å²) in [5.41, 5.74) is 0.715. The SMILES string of the molecule is CN(C(=O)c1cc[c]cc1)[SH]1C=CC=C1. The highest BCUT2D eigenvalue weighted by atomic mass is 32.2. The van der Waals surface area contributed by atoms with Crippen LogP contribution in [0.1, 0.15) is 10.4 Å². The molecule has 0 aromatic heterocycles. The van der Waals surface area contributed by atoms with Gasteiger partial charge in [0.1, 0.15) is 0 Å². The average Bonchev–Trinajstić information content (AvgIpc) is 2.82. The molecule has 0 spiro atoms. The first-order valence-corrected chi connectivity index (χ1v) is 6.10. The van der Waals surface area contributed by atoms with E-state index in [0.29, 0.717) is 5.56 Å². The molecule has 3 heteroatoms. The second-order valence-electron chi connectivity index (χ2n) is 3.18. The molecule has 0 unspecified atom stereocenters. The number of carbonyl (C=O) groups excluding carboxylic acids is 1. The zero-order valence-electron chi connectivity index (χ0n) is 8.42. The van der Waals surface area contributed by atoms with Crippen molar-refractivity contribution in [3.05, 3.63) is 58.9 Å². The molecule has 1 aliphatic rings. The smallest absolute Gasteiger partial charge is 0.262 e. The van der Waals surface area contributed by atoms with Gasteiger partial charge in [0.05, 0.1) is 0 Å². The minimum Gasteiger partial charge on any atom is -0.299 e. The summed E-state index contributed by atoms with van der Waals surface area (Å²) in [5, 5.41) is 4.12. The van der Waals surface area contributed by atoms with E-state index in [-0.39, 0.29) is 5.91 Å². The van der Waals surface area contributed by atoms with Crippen molar-refractivity contribution in [2.24, 2.45) is 0 Å². The van der Waals surface area contributed by atoms with E-state index in [2.05, 4.69) is 16.9 Å². The van der Waals surface area contributed by atoms with Crippen LogP contribution in [0.15, 0.2) is 47.2 Å². The van der Waals surface area contributed by atoms with Gasteiger partial charge in [-0.1, -0.05) is 24.3 Å². The molecule has 2 nitrogen and oxygen atoms in total.